The van der Waals surface area contributed by atoms with Crippen LogP contribution in [0.5, 0.6) is 5.75 Å². The van der Waals surface area contributed by atoms with Crippen LogP contribution in [0.4, 0.5) is 0 Å². The van der Waals surface area contributed by atoms with E-state index in [1.165, 1.54) is 4.90 Å². The second-order valence-electron chi connectivity index (χ2n) is 6.52. The zero-order chi connectivity index (χ0) is 21.6. The van der Waals surface area contributed by atoms with Gasteiger partial charge >= 0.3 is 11.9 Å². The maximum absolute atomic E-state index is 12.4. The number of nitrogens with zero attached hydrogens (tertiary/aromatic N) is 1. The lowest BCUT2D eigenvalue weighted by Gasteiger charge is -2.17. The number of methoxy groups -OCH3 is 1. The number of likely N-dealkylation sites (N-methyl/N-ethyl adjacent to an activating group) is 1. The van der Waals surface area contributed by atoms with Gasteiger partial charge in [-0.2, -0.15) is 0 Å². The van der Waals surface area contributed by atoms with Gasteiger partial charge in [-0.25, -0.2) is 9.59 Å². The van der Waals surface area contributed by atoms with Crippen LogP contribution in [-0.2, 0) is 20.8 Å². The lowest BCUT2D eigenvalue weighted by Crippen LogP contribution is -2.31. The lowest BCUT2D eigenvalue weighted by atomic mass is 10.1. The van der Waals surface area contributed by atoms with Crippen LogP contribution in [0, 0.1) is 13.8 Å². The molecule has 1 heterocycles. The van der Waals surface area contributed by atoms with Gasteiger partial charge in [0, 0.05) is 19.3 Å². The van der Waals surface area contributed by atoms with Crippen LogP contribution in [-0.4, -0.2) is 55.1 Å². The number of hydrogen-bond acceptors (Lipinski definition) is 6. The van der Waals surface area contributed by atoms with Crippen molar-refractivity contribution in [3.8, 4) is 5.75 Å². The summed E-state index contributed by atoms with van der Waals surface area (Å²) in [6, 6.07) is 7.36. The molecule has 0 saturated heterocycles. The molecule has 1 amide bonds. The van der Waals surface area contributed by atoms with E-state index in [1.807, 2.05) is 24.3 Å². The summed E-state index contributed by atoms with van der Waals surface area (Å²) in [5, 5.41) is 0. The fourth-order valence-corrected chi connectivity index (χ4v) is 2.91. The number of benzene rings is 1. The smallest absolute Gasteiger partial charge is 0.355 e. The molecule has 0 radical (unpaired) electrons. The number of ether oxygens (including phenoxy) is 3. The van der Waals surface area contributed by atoms with Crippen LogP contribution < -0.4 is 4.74 Å². The van der Waals surface area contributed by atoms with Gasteiger partial charge in [0.15, 0.2) is 6.61 Å². The monoisotopic (exact) mass is 402 g/mol. The molecule has 0 unspecified atom stereocenters. The standard InChI is InChI=1S/C21H26N2O6/c1-6-28-20(25)18-13(2)19(22-14(18)3)21(26)29-12-17(24)23(4)11-15-8-7-9-16(10-15)27-5/h7-10,22H,6,11-12H2,1-5H3. The largest absolute Gasteiger partial charge is 0.497 e. The molecule has 0 spiro atoms. The van der Waals surface area contributed by atoms with Crippen molar-refractivity contribution < 1.29 is 28.6 Å². The number of aromatic nitrogens is 1. The lowest BCUT2D eigenvalue weighted by molar-refractivity contribution is -0.133. The molecule has 0 bridgehead atoms. The van der Waals surface area contributed by atoms with E-state index >= 15 is 0 Å². The third-order valence-corrected chi connectivity index (χ3v) is 4.43. The van der Waals surface area contributed by atoms with Crippen molar-refractivity contribution in [3.63, 3.8) is 0 Å². The Bertz CT molecular complexity index is 903. The van der Waals surface area contributed by atoms with Crippen LogP contribution in [0.1, 0.15) is 44.6 Å². The van der Waals surface area contributed by atoms with Crippen LogP contribution in [0.25, 0.3) is 0 Å². The van der Waals surface area contributed by atoms with Gasteiger partial charge in [-0.05, 0) is 44.0 Å². The molecule has 2 rings (SSSR count). The quantitative estimate of drug-likeness (QED) is 0.682. The summed E-state index contributed by atoms with van der Waals surface area (Å²) in [5.74, 6) is -0.867. The van der Waals surface area contributed by atoms with Crippen LogP contribution in [0.2, 0.25) is 0 Å². The van der Waals surface area contributed by atoms with Gasteiger partial charge in [0.1, 0.15) is 11.4 Å². The highest BCUT2D eigenvalue weighted by atomic mass is 16.5. The van der Waals surface area contributed by atoms with E-state index in [2.05, 4.69) is 4.98 Å². The summed E-state index contributed by atoms with van der Waals surface area (Å²) < 4.78 is 15.3. The summed E-state index contributed by atoms with van der Waals surface area (Å²) in [6.07, 6.45) is 0. The van der Waals surface area contributed by atoms with Crippen molar-refractivity contribution >= 4 is 17.8 Å². The number of rotatable bonds is 8. The Morgan fingerprint density at radius 1 is 1.10 bits per heavy atom. The molecule has 1 aromatic heterocycles. The Labute approximate surface area is 169 Å². The second kappa shape index (κ2) is 9.77. The van der Waals surface area contributed by atoms with E-state index in [0.717, 1.165) is 5.56 Å². The summed E-state index contributed by atoms with van der Waals surface area (Å²) >= 11 is 0. The predicted molar refractivity (Wildman–Crippen MR) is 106 cm³/mol. The highest BCUT2D eigenvalue weighted by Gasteiger charge is 2.24. The Morgan fingerprint density at radius 2 is 1.83 bits per heavy atom. The van der Waals surface area contributed by atoms with Gasteiger partial charge in [0.05, 0.1) is 19.3 Å². The van der Waals surface area contributed by atoms with Crippen molar-refractivity contribution in [2.75, 3.05) is 27.4 Å². The van der Waals surface area contributed by atoms with Crippen LogP contribution in [0.3, 0.4) is 0 Å². The average molecular weight is 402 g/mol. The predicted octanol–water partition coefficient (Wildman–Crippen LogP) is 2.63. The van der Waals surface area contributed by atoms with Gasteiger partial charge in [0.25, 0.3) is 5.91 Å². The molecule has 2 aromatic rings. The first-order valence-electron chi connectivity index (χ1n) is 9.18. The van der Waals surface area contributed by atoms with Crippen molar-refractivity contribution in [2.24, 2.45) is 0 Å². The van der Waals surface area contributed by atoms with Crippen molar-refractivity contribution in [2.45, 2.75) is 27.3 Å². The Kier molecular flexibility index (Phi) is 7.41. The molecule has 1 aromatic carbocycles. The molecule has 0 aliphatic heterocycles. The minimum atomic E-state index is -0.704. The number of esters is 2. The summed E-state index contributed by atoms with van der Waals surface area (Å²) in [5.41, 5.74) is 2.27. The molecule has 156 valence electrons. The first-order chi connectivity index (χ1) is 13.8. The van der Waals surface area contributed by atoms with E-state index in [1.54, 1.807) is 34.9 Å². The minimum Gasteiger partial charge on any atom is -0.497 e. The Balaban J connectivity index is 1.98. The van der Waals surface area contributed by atoms with Gasteiger partial charge in [-0.1, -0.05) is 12.1 Å². The molecule has 29 heavy (non-hydrogen) atoms. The molecular weight excluding hydrogens is 376 g/mol. The number of aromatic amines is 1. The number of nitrogens with one attached hydrogen (secondary N) is 1. The van der Waals surface area contributed by atoms with E-state index in [9.17, 15) is 14.4 Å². The van der Waals surface area contributed by atoms with E-state index in [-0.39, 0.29) is 18.2 Å². The molecule has 0 saturated carbocycles. The third kappa shape index (κ3) is 5.37. The van der Waals surface area contributed by atoms with Gasteiger partial charge < -0.3 is 24.1 Å². The molecule has 0 fully saturated rings. The number of H-pyrrole nitrogens is 1. The average Bonchev–Trinajstić information content (AvgIpc) is 3.00. The minimum absolute atomic E-state index is 0.133. The van der Waals surface area contributed by atoms with Crippen LogP contribution >= 0.6 is 0 Å². The Morgan fingerprint density at radius 3 is 2.48 bits per heavy atom. The topological polar surface area (TPSA) is 97.9 Å². The second-order valence-corrected chi connectivity index (χ2v) is 6.52. The van der Waals surface area contributed by atoms with E-state index < -0.39 is 18.5 Å². The van der Waals surface area contributed by atoms with Gasteiger partial charge in [-0.15, -0.1) is 0 Å². The zero-order valence-corrected chi connectivity index (χ0v) is 17.3. The summed E-state index contributed by atoms with van der Waals surface area (Å²) in [4.78, 5) is 41.0. The van der Waals surface area contributed by atoms with E-state index in [0.29, 0.717) is 29.1 Å². The Hall–Kier alpha value is -3.29. The van der Waals surface area contributed by atoms with Crippen molar-refractivity contribution in [1.29, 1.82) is 0 Å². The highest BCUT2D eigenvalue weighted by molar-refractivity contribution is 5.99. The van der Waals surface area contributed by atoms with E-state index in [4.69, 9.17) is 14.2 Å². The first kappa shape index (κ1) is 22.0. The van der Waals surface area contributed by atoms with Crippen molar-refractivity contribution in [1.82, 2.24) is 9.88 Å². The number of carbonyl (C=O) groups excluding carboxylic acids is 3. The maximum atomic E-state index is 12.4. The fraction of sp³-hybridized carbons (Fsp3) is 0.381. The molecule has 8 nitrogen and oxygen atoms in total. The van der Waals surface area contributed by atoms with Gasteiger partial charge in [0.2, 0.25) is 0 Å². The van der Waals surface area contributed by atoms with Gasteiger partial charge in [-0.3, -0.25) is 4.79 Å². The van der Waals surface area contributed by atoms with Crippen molar-refractivity contribution in [3.05, 3.63) is 52.3 Å². The maximum Gasteiger partial charge on any atom is 0.355 e. The highest BCUT2D eigenvalue weighted by Crippen LogP contribution is 2.20. The van der Waals surface area contributed by atoms with Crippen LogP contribution in [0.15, 0.2) is 24.3 Å². The fourth-order valence-electron chi connectivity index (χ4n) is 2.91. The molecule has 8 heteroatoms. The number of carbonyl (C=O) groups is 3. The first-order valence-corrected chi connectivity index (χ1v) is 9.18. The zero-order valence-electron chi connectivity index (χ0n) is 17.3. The molecule has 1 N–H and O–H groups in total. The summed E-state index contributed by atoms with van der Waals surface area (Å²) in [6.45, 7) is 5.17. The molecule has 0 atom stereocenters. The third-order valence-electron chi connectivity index (χ3n) is 4.43. The number of hydrogen-bond donors (Lipinski definition) is 1. The summed E-state index contributed by atoms with van der Waals surface area (Å²) in [7, 11) is 3.20. The molecule has 0 aliphatic carbocycles. The SMILES string of the molecule is CCOC(=O)c1c(C)[nH]c(C(=O)OCC(=O)N(C)Cc2cccc(OC)c2)c1C. The molecule has 0 aliphatic rings. The molecular formula is C21H26N2O6. The number of amides is 1. The normalized spacial score (nSPS) is 10.4. The number of aryl methyl sites for hydroxylation is 1.